The Morgan fingerprint density at radius 3 is 2.17 bits per heavy atom. The summed E-state index contributed by atoms with van der Waals surface area (Å²) in [6, 6.07) is 13.5. The summed E-state index contributed by atoms with van der Waals surface area (Å²) in [7, 11) is 0. The van der Waals surface area contributed by atoms with Gasteiger partial charge in [0.2, 0.25) is 10.0 Å². The van der Waals surface area contributed by atoms with E-state index in [-0.39, 0.29) is 11.3 Å². The molecule has 0 aliphatic heterocycles. The van der Waals surface area contributed by atoms with Crippen LogP contribution in [-0.2, 0) is 0 Å². The summed E-state index contributed by atoms with van der Waals surface area (Å²) >= 11 is 17.5. The molecule has 0 aromatic heterocycles. The van der Waals surface area contributed by atoms with Crippen molar-refractivity contribution in [3.63, 3.8) is 0 Å². The number of halogens is 3. The van der Waals surface area contributed by atoms with E-state index in [1.165, 1.54) is 24.3 Å². The van der Waals surface area contributed by atoms with Gasteiger partial charge in [0.25, 0.3) is 11.6 Å². The van der Waals surface area contributed by atoms with Gasteiger partial charge in [0.1, 0.15) is 5.75 Å². The second-order valence-electron chi connectivity index (χ2n) is 4.63. The van der Waals surface area contributed by atoms with Crippen LogP contribution in [0.3, 0.4) is 0 Å². The molecule has 0 bridgehead atoms. The largest absolute Gasteiger partial charge is 0.466 e. The predicted octanol–water partition coefficient (Wildman–Crippen LogP) is 4.10. The van der Waals surface area contributed by atoms with Crippen molar-refractivity contribution in [3.8, 4) is 5.75 Å². The minimum Gasteiger partial charge on any atom is -0.466 e. The smallest absolute Gasteiger partial charge is 0.269 e. The fourth-order valence-electron chi connectivity index (χ4n) is 1.75. The van der Waals surface area contributed by atoms with E-state index in [1.807, 2.05) is 0 Å². The number of ether oxygens (including phenoxy) is 1. The van der Waals surface area contributed by atoms with E-state index in [4.69, 9.17) is 39.5 Å². The van der Waals surface area contributed by atoms with Crippen LogP contribution in [0.2, 0.25) is 0 Å². The van der Waals surface area contributed by atoms with E-state index in [2.05, 4.69) is 5.32 Å². The maximum atomic E-state index is 12.2. The number of amides is 1. The van der Waals surface area contributed by atoms with Crippen LogP contribution < -0.4 is 10.1 Å². The molecule has 0 saturated carbocycles. The third kappa shape index (κ3) is 4.99. The summed E-state index contributed by atoms with van der Waals surface area (Å²) in [4.78, 5) is 22.3. The van der Waals surface area contributed by atoms with Gasteiger partial charge >= 0.3 is 0 Å². The Kier molecular flexibility index (Phi) is 5.88. The van der Waals surface area contributed by atoms with Crippen LogP contribution in [0.5, 0.6) is 5.75 Å². The van der Waals surface area contributed by atoms with E-state index >= 15 is 0 Å². The molecule has 1 amide bonds. The first-order chi connectivity index (χ1) is 11.3. The fourth-order valence-corrected chi connectivity index (χ4v) is 2.05. The lowest BCUT2D eigenvalue weighted by Gasteiger charge is -2.26. The zero-order chi connectivity index (χ0) is 17.7. The van der Waals surface area contributed by atoms with Crippen molar-refractivity contribution in [2.45, 2.75) is 10.0 Å². The number of hydrogen-bond donors (Lipinski definition) is 1. The first kappa shape index (κ1) is 18.3. The van der Waals surface area contributed by atoms with Gasteiger partial charge in [-0.2, -0.15) is 0 Å². The van der Waals surface area contributed by atoms with Crippen molar-refractivity contribution in [3.05, 3.63) is 70.3 Å². The highest BCUT2D eigenvalue weighted by Crippen LogP contribution is 2.32. The lowest BCUT2D eigenvalue weighted by molar-refractivity contribution is -0.384. The maximum Gasteiger partial charge on any atom is 0.269 e. The number of rotatable bonds is 5. The molecular weight excluding hydrogens is 379 g/mol. The average molecular weight is 390 g/mol. The van der Waals surface area contributed by atoms with E-state index < -0.39 is 20.9 Å². The number of benzene rings is 2. The van der Waals surface area contributed by atoms with Gasteiger partial charge in [-0.3, -0.25) is 14.9 Å². The summed E-state index contributed by atoms with van der Waals surface area (Å²) in [5.41, 5.74) is 0.0292. The Morgan fingerprint density at radius 2 is 1.67 bits per heavy atom. The van der Waals surface area contributed by atoms with E-state index in [0.29, 0.717) is 5.75 Å². The first-order valence-corrected chi connectivity index (χ1v) is 7.74. The highest BCUT2D eigenvalue weighted by atomic mass is 35.6. The normalized spacial score (nSPS) is 12.3. The molecule has 0 unspecified atom stereocenters. The van der Waals surface area contributed by atoms with Gasteiger partial charge in [0.05, 0.1) is 4.92 Å². The van der Waals surface area contributed by atoms with Crippen LogP contribution >= 0.6 is 34.8 Å². The van der Waals surface area contributed by atoms with Crippen molar-refractivity contribution >= 4 is 46.4 Å². The van der Waals surface area contributed by atoms with Gasteiger partial charge in [0.15, 0.2) is 0 Å². The molecule has 1 N–H and O–H groups in total. The number of carbonyl (C=O) groups excluding carboxylic acids is 1. The molecule has 0 radical (unpaired) electrons. The van der Waals surface area contributed by atoms with Crippen molar-refractivity contribution in [2.75, 3.05) is 0 Å². The highest BCUT2D eigenvalue weighted by Gasteiger charge is 2.36. The first-order valence-electron chi connectivity index (χ1n) is 6.61. The summed E-state index contributed by atoms with van der Waals surface area (Å²) in [6.45, 7) is 0. The van der Waals surface area contributed by atoms with Gasteiger partial charge in [0, 0.05) is 17.7 Å². The van der Waals surface area contributed by atoms with E-state index in [0.717, 1.165) is 0 Å². The third-order valence-corrected chi connectivity index (χ3v) is 3.49. The molecule has 126 valence electrons. The van der Waals surface area contributed by atoms with Crippen LogP contribution in [0.1, 0.15) is 10.4 Å². The van der Waals surface area contributed by atoms with Crippen LogP contribution in [0, 0.1) is 10.1 Å². The number of nitro benzene ring substituents is 1. The topological polar surface area (TPSA) is 81.5 Å². The second kappa shape index (κ2) is 7.70. The number of alkyl halides is 3. The van der Waals surface area contributed by atoms with Gasteiger partial charge in [-0.15, -0.1) is 0 Å². The number of para-hydroxylation sites is 1. The number of non-ortho nitro benzene ring substituents is 1. The van der Waals surface area contributed by atoms with Crippen molar-refractivity contribution in [2.24, 2.45) is 0 Å². The fraction of sp³-hybridized carbons (Fsp3) is 0.133. The van der Waals surface area contributed by atoms with E-state index in [1.54, 1.807) is 30.3 Å². The van der Waals surface area contributed by atoms with Gasteiger partial charge in [-0.25, -0.2) is 0 Å². The van der Waals surface area contributed by atoms with Crippen LogP contribution in [0.15, 0.2) is 54.6 Å². The molecule has 2 rings (SSSR count). The molecule has 9 heteroatoms. The Hall–Kier alpha value is -2.02. The van der Waals surface area contributed by atoms with Crippen molar-refractivity contribution in [1.29, 1.82) is 0 Å². The van der Waals surface area contributed by atoms with Crippen LogP contribution in [0.25, 0.3) is 0 Å². The minimum atomic E-state index is -1.92. The van der Waals surface area contributed by atoms with Crippen LogP contribution in [-0.4, -0.2) is 20.9 Å². The number of nitrogens with one attached hydrogen (secondary N) is 1. The Bertz CT molecular complexity index is 718. The van der Waals surface area contributed by atoms with Crippen molar-refractivity contribution in [1.82, 2.24) is 5.32 Å². The Labute approximate surface area is 152 Å². The molecule has 1 atom stereocenters. The molecule has 0 heterocycles. The maximum absolute atomic E-state index is 12.2. The lowest BCUT2D eigenvalue weighted by Crippen LogP contribution is -2.47. The lowest BCUT2D eigenvalue weighted by atomic mass is 10.2. The highest BCUT2D eigenvalue weighted by molar-refractivity contribution is 6.68. The summed E-state index contributed by atoms with van der Waals surface area (Å²) in [5, 5.41) is 13.1. The quantitative estimate of drug-likeness (QED) is 0.361. The van der Waals surface area contributed by atoms with Gasteiger partial charge < -0.3 is 10.1 Å². The van der Waals surface area contributed by atoms with Crippen molar-refractivity contribution < 1.29 is 14.5 Å². The summed E-state index contributed by atoms with van der Waals surface area (Å²) < 4.78 is 3.57. The molecule has 2 aromatic rings. The van der Waals surface area contributed by atoms with Crippen LogP contribution in [0.4, 0.5) is 5.69 Å². The molecule has 0 saturated heterocycles. The number of hydrogen-bond acceptors (Lipinski definition) is 4. The molecule has 2 aromatic carbocycles. The second-order valence-corrected chi connectivity index (χ2v) is 7.00. The standard InChI is InChI=1S/C15H11Cl3N2O4/c16-15(17,18)14(24-12-4-2-1-3-5-12)19-13(21)10-6-8-11(9-7-10)20(22)23/h1-9,14H,(H,19,21)/t14-/m1/s1. The molecule has 0 fully saturated rings. The molecule has 0 aliphatic carbocycles. The molecule has 0 spiro atoms. The predicted molar refractivity (Wildman–Crippen MR) is 91.7 cm³/mol. The zero-order valence-corrected chi connectivity index (χ0v) is 14.3. The van der Waals surface area contributed by atoms with Gasteiger partial charge in [-0.05, 0) is 24.3 Å². The number of nitro groups is 1. The summed E-state index contributed by atoms with van der Waals surface area (Å²) in [5.74, 6) is -0.199. The molecule has 0 aliphatic rings. The Morgan fingerprint density at radius 1 is 1.08 bits per heavy atom. The third-order valence-electron chi connectivity index (χ3n) is 2.90. The average Bonchev–Trinajstić information content (AvgIpc) is 2.54. The minimum absolute atomic E-state index is 0.134. The molecular formula is C15H11Cl3N2O4. The number of carbonyl (C=O) groups is 1. The molecule has 6 nitrogen and oxygen atoms in total. The zero-order valence-electron chi connectivity index (χ0n) is 12.0. The Balaban J connectivity index is 2.14. The number of nitrogens with zero attached hydrogens (tertiary/aromatic N) is 1. The summed E-state index contributed by atoms with van der Waals surface area (Å²) in [6.07, 6.45) is -1.26. The van der Waals surface area contributed by atoms with Gasteiger partial charge in [-0.1, -0.05) is 53.0 Å². The SMILES string of the molecule is O=C(N[C@H](Oc1ccccc1)C(Cl)(Cl)Cl)c1ccc([N+](=O)[O-])cc1. The monoisotopic (exact) mass is 388 g/mol. The van der Waals surface area contributed by atoms with E-state index in [9.17, 15) is 14.9 Å². The molecule has 24 heavy (non-hydrogen) atoms.